The summed E-state index contributed by atoms with van der Waals surface area (Å²) in [6.07, 6.45) is 0. The van der Waals surface area contributed by atoms with Gasteiger partial charge in [-0.25, -0.2) is 4.98 Å². The minimum Gasteiger partial charge on any atom is -0.481 e. The van der Waals surface area contributed by atoms with Crippen LogP contribution in [0, 0.1) is 6.92 Å². The minimum atomic E-state index is -0.425. The number of aromatic nitrogens is 1. The first-order chi connectivity index (χ1) is 10.2. The van der Waals surface area contributed by atoms with Gasteiger partial charge in [-0.3, -0.25) is 0 Å². The molecule has 2 aromatic rings. The fraction of sp³-hybridized carbons (Fsp3) is 0.471. The third-order valence-electron chi connectivity index (χ3n) is 4.69. The van der Waals surface area contributed by atoms with Crippen LogP contribution in [0.4, 0.5) is 0 Å². The third kappa shape index (κ3) is 2.38. The number of aryl methyl sites for hydroxylation is 1. The molecule has 0 radical (unpaired) electrons. The minimum absolute atomic E-state index is 0.371. The highest BCUT2D eigenvalue weighted by Crippen LogP contribution is 2.37. The van der Waals surface area contributed by atoms with Gasteiger partial charge in [0.25, 0.3) is 0 Å². The summed E-state index contributed by atoms with van der Waals surface area (Å²) in [4.78, 5) is 4.51. The van der Waals surface area contributed by atoms with Gasteiger partial charge in [-0.05, 0) is 46.1 Å². The molecule has 1 aliphatic rings. The highest BCUT2D eigenvalue weighted by Gasteiger charge is 2.52. The van der Waals surface area contributed by atoms with Crippen LogP contribution in [0.25, 0.3) is 10.9 Å². The second kappa shape index (κ2) is 4.96. The van der Waals surface area contributed by atoms with Crippen molar-refractivity contribution in [1.82, 2.24) is 4.98 Å². The molecule has 1 fully saturated rings. The molecule has 3 rings (SSSR count). The van der Waals surface area contributed by atoms with Gasteiger partial charge in [0.1, 0.15) is 0 Å². The molecule has 1 aliphatic heterocycles. The molecular weight excluding hydrogens is 277 g/mol. The van der Waals surface area contributed by atoms with Crippen molar-refractivity contribution in [2.75, 3.05) is 7.11 Å². The molecule has 0 bridgehead atoms. The fourth-order valence-corrected chi connectivity index (χ4v) is 2.61. The predicted octanol–water partition coefficient (Wildman–Crippen LogP) is 2.85. The third-order valence-corrected chi connectivity index (χ3v) is 4.69. The summed E-state index contributed by atoms with van der Waals surface area (Å²) < 4.78 is 17.7. The van der Waals surface area contributed by atoms with Gasteiger partial charge in [0.15, 0.2) is 0 Å². The second-order valence-corrected chi connectivity index (χ2v) is 6.86. The number of ether oxygens (including phenoxy) is 1. The van der Waals surface area contributed by atoms with E-state index < -0.39 is 7.12 Å². The molecule has 1 saturated heterocycles. The Hall–Kier alpha value is -1.59. The van der Waals surface area contributed by atoms with E-state index in [4.69, 9.17) is 14.0 Å². The molecule has 0 spiro atoms. The highest BCUT2D eigenvalue weighted by molar-refractivity contribution is 6.65. The molecule has 1 aromatic heterocycles. The van der Waals surface area contributed by atoms with Crippen molar-refractivity contribution in [3.8, 4) is 5.88 Å². The van der Waals surface area contributed by atoms with Crippen molar-refractivity contribution in [3.63, 3.8) is 0 Å². The van der Waals surface area contributed by atoms with Crippen molar-refractivity contribution in [2.45, 2.75) is 45.8 Å². The standard InChI is InChI=1S/C17H22BNO3/c1-11-7-8-14-12(9-11)13(10-15(19-14)20-6)18-21-16(2,3)17(4,5)22-18/h7-10H,1-6H3. The lowest BCUT2D eigenvalue weighted by Gasteiger charge is -2.32. The number of pyridine rings is 1. The van der Waals surface area contributed by atoms with E-state index in [1.54, 1.807) is 7.11 Å². The van der Waals surface area contributed by atoms with Crippen molar-refractivity contribution >= 4 is 23.5 Å². The van der Waals surface area contributed by atoms with E-state index in [1.807, 2.05) is 18.2 Å². The maximum Gasteiger partial charge on any atom is 0.495 e. The number of methoxy groups -OCH3 is 1. The molecule has 0 atom stereocenters. The van der Waals surface area contributed by atoms with Crippen LogP contribution in [0.3, 0.4) is 0 Å². The van der Waals surface area contributed by atoms with Gasteiger partial charge in [0.05, 0.1) is 23.8 Å². The smallest absolute Gasteiger partial charge is 0.481 e. The van der Waals surface area contributed by atoms with Crippen molar-refractivity contribution < 1.29 is 14.0 Å². The average Bonchev–Trinajstić information content (AvgIpc) is 2.66. The summed E-state index contributed by atoms with van der Waals surface area (Å²) in [6.45, 7) is 10.3. The molecule has 0 N–H and O–H groups in total. The van der Waals surface area contributed by atoms with E-state index in [1.165, 1.54) is 5.56 Å². The average molecular weight is 299 g/mol. The lowest BCUT2D eigenvalue weighted by molar-refractivity contribution is 0.00578. The Morgan fingerprint density at radius 2 is 1.68 bits per heavy atom. The lowest BCUT2D eigenvalue weighted by Crippen LogP contribution is -2.41. The first-order valence-corrected chi connectivity index (χ1v) is 7.54. The summed E-state index contributed by atoms with van der Waals surface area (Å²) in [5.41, 5.74) is 2.28. The molecule has 0 amide bonds. The quantitative estimate of drug-likeness (QED) is 0.800. The summed E-state index contributed by atoms with van der Waals surface area (Å²) in [7, 11) is 1.20. The van der Waals surface area contributed by atoms with Crippen LogP contribution in [0.5, 0.6) is 5.88 Å². The van der Waals surface area contributed by atoms with E-state index in [0.717, 1.165) is 16.4 Å². The first-order valence-electron chi connectivity index (χ1n) is 7.54. The maximum atomic E-state index is 6.19. The molecular formula is C17H22BNO3. The summed E-state index contributed by atoms with van der Waals surface area (Å²) >= 11 is 0. The van der Waals surface area contributed by atoms with Crippen LogP contribution >= 0.6 is 0 Å². The fourth-order valence-electron chi connectivity index (χ4n) is 2.61. The van der Waals surface area contributed by atoms with Gasteiger partial charge < -0.3 is 14.0 Å². The van der Waals surface area contributed by atoms with E-state index >= 15 is 0 Å². The zero-order chi connectivity index (χ0) is 16.1. The van der Waals surface area contributed by atoms with Crippen LogP contribution in [-0.4, -0.2) is 30.4 Å². The van der Waals surface area contributed by atoms with Crippen molar-refractivity contribution in [2.24, 2.45) is 0 Å². The number of benzene rings is 1. The number of rotatable bonds is 2. The van der Waals surface area contributed by atoms with Crippen LogP contribution in [0.1, 0.15) is 33.3 Å². The Labute approximate surface area is 131 Å². The van der Waals surface area contributed by atoms with E-state index in [9.17, 15) is 0 Å². The van der Waals surface area contributed by atoms with Gasteiger partial charge in [0.2, 0.25) is 5.88 Å². The topological polar surface area (TPSA) is 40.6 Å². The maximum absolute atomic E-state index is 6.19. The Kier molecular flexibility index (Phi) is 3.46. The van der Waals surface area contributed by atoms with Crippen LogP contribution in [-0.2, 0) is 9.31 Å². The van der Waals surface area contributed by atoms with Gasteiger partial charge >= 0.3 is 7.12 Å². The van der Waals surface area contributed by atoms with Crippen LogP contribution in [0.2, 0.25) is 0 Å². The van der Waals surface area contributed by atoms with E-state index in [-0.39, 0.29) is 11.2 Å². The Bertz CT molecular complexity index is 711. The monoisotopic (exact) mass is 299 g/mol. The Balaban J connectivity index is 2.16. The molecule has 1 aromatic carbocycles. The van der Waals surface area contributed by atoms with Gasteiger partial charge in [-0.15, -0.1) is 0 Å². The number of hydrogen-bond donors (Lipinski definition) is 0. The lowest BCUT2D eigenvalue weighted by atomic mass is 9.77. The summed E-state index contributed by atoms with van der Waals surface area (Å²) in [6, 6.07) is 8.07. The van der Waals surface area contributed by atoms with Gasteiger partial charge in [-0.2, -0.15) is 0 Å². The zero-order valence-electron chi connectivity index (χ0n) is 14.1. The predicted molar refractivity (Wildman–Crippen MR) is 88.7 cm³/mol. The zero-order valence-corrected chi connectivity index (χ0v) is 14.1. The number of fused-ring (bicyclic) bond motifs is 1. The van der Waals surface area contributed by atoms with Gasteiger partial charge in [-0.1, -0.05) is 17.7 Å². The summed E-state index contributed by atoms with van der Waals surface area (Å²) in [5, 5.41) is 1.04. The van der Waals surface area contributed by atoms with Crippen molar-refractivity contribution in [3.05, 3.63) is 29.8 Å². The van der Waals surface area contributed by atoms with E-state index in [0.29, 0.717) is 5.88 Å². The number of hydrogen-bond acceptors (Lipinski definition) is 4. The SMILES string of the molecule is COc1cc(B2OC(C)(C)C(C)(C)O2)c2cc(C)ccc2n1. The molecule has 0 unspecified atom stereocenters. The highest BCUT2D eigenvalue weighted by atomic mass is 16.7. The van der Waals surface area contributed by atoms with Gasteiger partial charge in [0, 0.05) is 11.5 Å². The molecule has 0 aliphatic carbocycles. The molecule has 2 heterocycles. The molecule has 5 heteroatoms. The molecule has 116 valence electrons. The Morgan fingerprint density at radius 1 is 1.05 bits per heavy atom. The van der Waals surface area contributed by atoms with Crippen molar-refractivity contribution in [1.29, 1.82) is 0 Å². The van der Waals surface area contributed by atoms with E-state index in [2.05, 4.69) is 45.7 Å². The molecule has 4 nitrogen and oxygen atoms in total. The first kappa shape index (κ1) is 15.3. The normalized spacial score (nSPS) is 19.6. The largest absolute Gasteiger partial charge is 0.495 e. The van der Waals surface area contributed by atoms with Crippen LogP contribution in [0.15, 0.2) is 24.3 Å². The number of nitrogens with zero attached hydrogens (tertiary/aromatic N) is 1. The summed E-state index contributed by atoms with van der Waals surface area (Å²) in [5.74, 6) is 0.570. The Morgan fingerprint density at radius 3 is 2.27 bits per heavy atom. The molecule has 22 heavy (non-hydrogen) atoms. The second-order valence-electron chi connectivity index (χ2n) is 6.86. The molecule has 0 saturated carbocycles. The van der Waals surface area contributed by atoms with Crippen LogP contribution < -0.4 is 10.2 Å².